The minimum Gasteiger partial charge on any atom is -1.00 e. The van der Waals surface area contributed by atoms with E-state index in [-0.39, 0.29) is 39.1 Å². The Kier molecular flexibility index (Phi) is 5.36. The third-order valence-electron chi connectivity index (χ3n) is 2.91. The Hall–Kier alpha value is -1.09. The summed E-state index contributed by atoms with van der Waals surface area (Å²) in [5, 5.41) is 8.95. The first kappa shape index (κ1) is 16.0. The number of benzene rings is 1. The molecule has 4 nitrogen and oxygen atoms in total. The number of rotatable bonds is 4. The minimum absolute atomic E-state index is 0. The number of aliphatic carboxylic acids is 1. The van der Waals surface area contributed by atoms with Crippen LogP contribution in [0.15, 0.2) is 18.2 Å². The second-order valence-corrected chi connectivity index (χ2v) is 4.17. The zero-order chi connectivity index (χ0) is 13.3. The summed E-state index contributed by atoms with van der Waals surface area (Å²) in [5.74, 6) is -1.65. The van der Waals surface area contributed by atoms with Gasteiger partial charge in [-0.25, -0.2) is 13.6 Å². The van der Waals surface area contributed by atoms with Crippen molar-refractivity contribution in [2.75, 3.05) is 25.1 Å². The quantitative estimate of drug-likeness (QED) is 0.700. The van der Waals surface area contributed by atoms with Gasteiger partial charge in [0.05, 0.1) is 18.8 Å². The predicted molar refractivity (Wildman–Crippen MR) is 62.0 cm³/mol. The first-order chi connectivity index (χ1) is 8.52. The molecule has 100 valence electrons. The van der Waals surface area contributed by atoms with Crippen LogP contribution in [-0.2, 0) is 9.53 Å². The molecular weight excluding hydrogens is 251 g/mol. The number of hydrogen-bond donors (Lipinski definition) is 1. The number of halogens is 2. The van der Waals surface area contributed by atoms with Crippen LogP contribution < -0.4 is 23.8 Å². The number of anilines is 1. The van der Waals surface area contributed by atoms with Crippen molar-refractivity contribution in [1.29, 1.82) is 0 Å². The molecule has 1 aliphatic heterocycles. The maximum atomic E-state index is 13.6. The van der Waals surface area contributed by atoms with Crippen LogP contribution in [-0.4, -0.2) is 37.4 Å². The first-order valence-electron chi connectivity index (χ1n) is 5.47. The van der Waals surface area contributed by atoms with Gasteiger partial charge in [0.1, 0.15) is 12.0 Å². The SMILES string of the molecule is COC(C(=O)O)c1ccc(F)c(N2CC(F)C2)c1.[H-].[Li+]. The number of carbonyl (C=O) groups is 1. The molecular formula is C12H14F2LiNO3. The Morgan fingerprint density at radius 1 is 1.58 bits per heavy atom. The normalized spacial score (nSPS) is 16.5. The molecule has 1 N–H and O–H groups in total. The van der Waals surface area contributed by atoms with Gasteiger partial charge in [-0.05, 0) is 17.7 Å². The van der Waals surface area contributed by atoms with E-state index in [4.69, 9.17) is 9.84 Å². The monoisotopic (exact) mass is 265 g/mol. The van der Waals surface area contributed by atoms with Gasteiger partial charge in [-0.15, -0.1) is 0 Å². The van der Waals surface area contributed by atoms with Crippen molar-refractivity contribution >= 4 is 11.7 Å². The van der Waals surface area contributed by atoms with Crippen LogP contribution in [0.3, 0.4) is 0 Å². The van der Waals surface area contributed by atoms with Crippen LogP contribution in [0.5, 0.6) is 0 Å². The number of hydrogen-bond acceptors (Lipinski definition) is 3. The molecule has 0 radical (unpaired) electrons. The molecule has 0 aliphatic carbocycles. The summed E-state index contributed by atoms with van der Waals surface area (Å²) >= 11 is 0. The van der Waals surface area contributed by atoms with Gasteiger partial charge in [-0.3, -0.25) is 0 Å². The first-order valence-corrected chi connectivity index (χ1v) is 5.47. The largest absolute Gasteiger partial charge is 1.00 e. The molecule has 7 heteroatoms. The molecule has 1 aromatic rings. The van der Waals surface area contributed by atoms with E-state index in [9.17, 15) is 13.6 Å². The Balaban J connectivity index is 0.00000180. The summed E-state index contributed by atoms with van der Waals surface area (Å²) in [7, 11) is 1.27. The topological polar surface area (TPSA) is 49.8 Å². The second kappa shape index (κ2) is 6.37. The average Bonchev–Trinajstić information content (AvgIpc) is 2.28. The van der Waals surface area contributed by atoms with Crippen molar-refractivity contribution in [2.45, 2.75) is 12.3 Å². The maximum absolute atomic E-state index is 13.6. The molecule has 1 unspecified atom stereocenters. The standard InChI is InChI=1S/C12H13F2NO3.Li.H/c1-18-11(12(16)17)7-2-3-9(14)10(4-7)15-5-8(13)6-15;;/h2-4,8,11H,5-6H2,1H3,(H,16,17);;/q;+1;-1. The third kappa shape index (κ3) is 3.27. The Morgan fingerprint density at radius 2 is 2.21 bits per heavy atom. The van der Waals surface area contributed by atoms with Crippen molar-refractivity contribution in [1.82, 2.24) is 0 Å². The minimum atomic E-state index is -1.15. The van der Waals surface area contributed by atoms with Crippen LogP contribution in [0.2, 0.25) is 0 Å². The summed E-state index contributed by atoms with van der Waals surface area (Å²) in [6.45, 7) is 0.260. The van der Waals surface area contributed by atoms with Gasteiger partial charge in [0.25, 0.3) is 0 Å². The summed E-state index contributed by atoms with van der Waals surface area (Å²) in [4.78, 5) is 12.5. The van der Waals surface area contributed by atoms with Crippen LogP contribution >= 0.6 is 0 Å². The van der Waals surface area contributed by atoms with Crippen LogP contribution in [0, 0.1) is 5.82 Å². The predicted octanol–water partition coefficient (Wildman–Crippen LogP) is -1.13. The summed E-state index contributed by atoms with van der Waals surface area (Å²) in [6.07, 6.45) is -2.10. The van der Waals surface area contributed by atoms with Crippen molar-refractivity contribution in [3.63, 3.8) is 0 Å². The van der Waals surface area contributed by atoms with E-state index in [0.717, 1.165) is 0 Å². The van der Waals surface area contributed by atoms with E-state index in [2.05, 4.69) is 0 Å². The van der Waals surface area contributed by atoms with Crippen molar-refractivity contribution in [2.24, 2.45) is 0 Å². The van der Waals surface area contributed by atoms with E-state index in [0.29, 0.717) is 5.56 Å². The van der Waals surface area contributed by atoms with Crippen LogP contribution in [0.1, 0.15) is 13.1 Å². The van der Waals surface area contributed by atoms with E-state index in [1.54, 1.807) is 0 Å². The van der Waals surface area contributed by atoms with Gasteiger partial charge in [0.15, 0.2) is 6.10 Å². The molecule has 2 rings (SSSR count). The Morgan fingerprint density at radius 3 is 2.68 bits per heavy atom. The molecule has 1 atom stereocenters. The van der Waals surface area contributed by atoms with Gasteiger partial charge in [-0.1, -0.05) is 6.07 Å². The van der Waals surface area contributed by atoms with Crippen molar-refractivity contribution in [3.05, 3.63) is 29.6 Å². The smallest absolute Gasteiger partial charge is 1.00 e. The zero-order valence-electron chi connectivity index (χ0n) is 11.8. The molecule has 1 saturated heterocycles. The summed E-state index contributed by atoms with van der Waals surface area (Å²) < 4.78 is 31.2. The fourth-order valence-corrected chi connectivity index (χ4v) is 1.94. The molecule has 1 fully saturated rings. The van der Waals surface area contributed by atoms with E-state index < -0.39 is 24.1 Å². The molecule has 0 amide bonds. The fourth-order valence-electron chi connectivity index (χ4n) is 1.94. The molecule has 1 aliphatic rings. The number of carboxylic acid groups (broad SMARTS) is 1. The van der Waals surface area contributed by atoms with Gasteiger partial charge < -0.3 is 16.2 Å². The van der Waals surface area contributed by atoms with Gasteiger partial charge in [0, 0.05) is 7.11 Å². The van der Waals surface area contributed by atoms with Crippen molar-refractivity contribution < 1.29 is 43.7 Å². The van der Waals surface area contributed by atoms with Gasteiger partial charge in [0.2, 0.25) is 0 Å². The third-order valence-corrected chi connectivity index (χ3v) is 2.91. The molecule has 1 heterocycles. The van der Waals surface area contributed by atoms with E-state index in [1.807, 2.05) is 0 Å². The number of nitrogens with zero attached hydrogens (tertiary/aromatic N) is 1. The van der Waals surface area contributed by atoms with Crippen molar-refractivity contribution in [3.8, 4) is 0 Å². The molecule has 0 saturated carbocycles. The Bertz CT molecular complexity index is 472. The molecule has 0 spiro atoms. The second-order valence-electron chi connectivity index (χ2n) is 4.17. The molecule has 19 heavy (non-hydrogen) atoms. The molecule has 0 aromatic heterocycles. The summed E-state index contributed by atoms with van der Waals surface area (Å²) in [5.41, 5.74) is 0.549. The maximum Gasteiger partial charge on any atom is 1.00 e. The fraction of sp³-hybridized carbons (Fsp3) is 0.417. The van der Waals surface area contributed by atoms with Crippen LogP contribution in [0.4, 0.5) is 14.5 Å². The average molecular weight is 265 g/mol. The summed E-state index contributed by atoms with van der Waals surface area (Å²) in [6, 6.07) is 3.92. The van der Waals surface area contributed by atoms with E-state index in [1.165, 1.54) is 30.2 Å². The number of alkyl halides is 1. The molecule has 1 aromatic carbocycles. The number of ether oxygens (including phenoxy) is 1. The van der Waals surface area contributed by atoms with Gasteiger partial charge in [-0.2, -0.15) is 0 Å². The van der Waals surface area contributed by atoms with Crippen LogP contribution in [0.25, 0.3) is 0 Å². The number of carboxylic acids is 1. The number of methoxy groups -OCH3 is 1. The Labute approximate surface area is 123 Å². The zero-order valence-corrected chi connectivity index (χ0v) is 10.8. The van der Waals surface area contributed by atoms with E-state index >= 15 is 0 Å². The van der Waals surface area contributed by atoms with Gasteiger partial charge >= 0.3 is 24.8 Å². The molecule has 0 bridgehead atoms.